The van der Waals surface area contributed by atoms with Crippen LogP contribution in [0, 0.1) is 3.57 Å². The first kappa shape index (κ1) is 14.8. The smallest absolute Gasteiger partial charge is 0.123 e. The molecular formula is C13H14ClIN2O2. The van der Waals surface area contributed by atoms with Crippen LogP contribution in [0.4, 0.5) is 0 Å². The van der Waals surface area contributed by atoms with Crippen LogP contribution in [0.3, 0.4) is 0 Å². The SMILES string of the molecule is COCCn1ncc(Cl)c1C(O)c1ccccc1I. The first-order chi connectivity index (χ1) is 9.15. The predicted octanol–water partition coefficient (Wildman–Crippen LogP) is 2.87. The van der Waals surface area contributed by atoms with Gasteiger partial charge in [0.2, 0.25) is 0 Å². The van der Waals surface area contributed by atoms with Crippen molar-refractivity contribution in [3.05, 3.63) is 50.3 Å². The summed E-state index contributed by atoms with van der Waals surface area (Å²) in [5, 5.41) is 15.2. The first-order valence-corrected chi connectivity index (χ1v) is 7.23. The molecule has 0 saturated heterocycles. The predicted molar refractivity (Wildman–Crippen MR) is 82.3 cm³/mol. The maximum atomic E-state index is 10.5. The molecule has 1 aromatic heterocycles. The number of methoxy groups -OCH3 is 1. The fourth-order valence-electron chi connectivity index (χ4n) is 1.84. The molecule has 1 atom stereocenters. The van der Waals surface area contributed by atoms with E-state index < -0.39 is 6.10 Å². The molecule has 4 nitrogen and oxygen atoms in total. The monoisotopic (exact) mass is 392 g/mol. The molecule has 1 unspecified atom stereocenters. The zero-order valence-corrected chi connectivity index (χ0v) is 13.3. The van der Waals surface area contributed by atoms with Gasteiger partial charge in [-0.1, -0.05) is 29.8 Å². The largest absolute Gasteiger partial charge is 0.383 e. The van der Waals surface area contributed by atoms with E-state index in [2.05, 4.69) is 27.7 Å². The number of rotatable bonds is 5. The number of aliphatic hydroxyl groups excluding tert-OH is 1. The summed E-state index contributed by atoms with van der Waals surface area (Å²) < 4.78 is 7.70. The van der Waals surface area contributed by atoms with Gasteiger partial charge in [-0.2, -0.15) is 5.10 Å². The summed E-state index contributed by atoms with van der Waals surface area (Å²) in [5.74, 6) is 0. The van der Waals surface area contributed by atoms with Gasteiger partial charge >= 0.3 is 0 Å². The highest BCUT2D eigenvalue weighted by Crippen LogP contribution is 2.30. The number of nitrogens with zero attached hydrogens (tertiary/aromatic N) is 2. The topological polar surface area (TPSA) is 47.3 Å². The van der Waals surface area contributed by atoms with Crippen LogP contribution in [-0.4, -0.2) is 28.6 Å². The first-order valence-electron chi connectivity index (χ1n) is 5.77. The molecule has 6 heteroatoms. The van der Waals surface area contributed by atoms with Gasteiger partial charge in [0.15, 0.2) is 0 Å². The van der Waals surface area contributed by atoms with Crippen molar-refractivity contribution >= 4 is 34.2 Å². The van der Waals surface area contributed by atoms with Crippen molar-refractivity contribution in [3.63, 3.8) is 0 Å². The van der Waals surface area contributed by atoms with E-state index in [1.807, 2.05) is 24.3 Å². The number of benzene rings is 1. The normalized spacial score (nSPS) is 12.6. The number of aliphatic hydroxyl groups is 1. The van der Waals surface area contributed by atoms with E-state index in [9.17, 15) is 5.11 Å². The molecule has 0 aliphatic heterocycles. The van der Waals surface area contributed by atoms with Gasteiger partial charge in [0.1, 0.15) is 6.10 Å². The second-order valence-electron chi connectivity index (χ2n) is 4.02. The molecule has 0 fully saturated rings. The quantitative estimate of drug-likeness (QED) is 0.796. The molecule has 0 bridgehead atoms. The van der Waals surface area contributed by atoms with Crippen molar-refractivity contribution in [1.29, 1.82) is 0 Å². The van der Waals surface area contributed by atoms with Crippen molar-refractivity contribution in [2.24, 2.45) is 0 Å². The number of hydrogen-bond donors (Lipinski definition) is 1. The van der Waals surface area contributed by atoms with Crippen molar-refractivity contribution in [1.82, 2.24) is 9.78 Å². The Morgan fingerprint density at radius 1 is 1.47 bits per heavy atom. The van der Waals surface area contributed by atoms with Gasteiger partial charge in [-0.3, -0.25) is 4.68 Å². The molecule has 1 heterocycles. The fourth-order valence-corrected chi connectivity index (χ4v) is 2.77. The van der Waals surface area contributed by atoms with Gasteiger partial charge in [0.05, 0.1) is 30.1 Å². The van der Waals surface area contributed by atoms with Gasteiger partial charge in [-0.05, 0) is 34.2 Å². The van der Waals surface area contributed by atoms with Crippen molar-refractivity contribution in [2.45, 2.75) is 12.6 Å². The minimum absolute atomic E-state index is 0.461. The highest BCUT2D eigenvalue weighted by atomic mass is 127. The molecule has 0 saturated carbocycles. The zero-order valence-electron chi connectivity index (χ0n) is 10.4. The van der Waals surface area contributed by atoms with E-state index >= 15 is 0 Å². The van der Waals surface area contributed by atoms with E-state index in [1.165, 1.54) is 0 Å². The summed E-state index contributed by atoms with van der Waals surface area (Å²) >= 11 is 8.33. The maximum Gasteiger partial charge on any atom is 0.123 e. The summed E-state index contributed by atoms with van der Waals surface area (Å²) in [5.41, 5.74) is 1.42. The van der Waals surface area contributed by atoms with Crippen LogP contribution in [0.2, 0.25) is 5.02 Å². The Kier molecular flexibility index (Phi) is 5.20. The van der Waals surface area contributed by atoms with Crippen molar-refractivity contribution < 1.29 is 9.84 Å². The zero-order chi connectivity index (χ0) is 13.8. The second-order valence-corrected chi connectivity index (χ2v) is 5.59. The van der Waals surface area contributed by atoms with Gasteiger partial charge in [-0.25, -0.2) is 0 Å². The summed E-state index contributed by atoms with van der Waals surface area (Å²) in [6.07, 6.45) is 0.755. The summed E-state index contributed by atoms with van der Waals surface area (Å²) in [7, 11) is 1.63. The van der Waals surface area contributed by atoms with E-state index in [0.29, 0.717) is 23.9 Å². The fraction of sp³-hybridized carbons (Fsp3) is 0.308. The van der Waals surface area contributed by atoms with E-state index in [4.69, 9.17) is 16.3 Å². The molecule has 0 aliphatic carbocycles. The minimum atomic E-state index is -0.792. The van der Waals surface area contributed by atoms with Gasteiger partial charge in [0.25, 0.3) is 0 Å². The van der Waals surface area contributed by atoms with Gasteiger partial charge in [0, 0.05) is 10.7 Å². The van der Waals surface area contributed by atoms with E-state index in [-0.39, 0.29) is 0 Å². The van der Waals surface area contributed by atoms with Crippen LogP contribution >= 0.6 is 34.2 Å². The number of halogens is 2. The standard InChI is InChI=1S/C13H14ClIN2O2/c1-19-7-6-17-12(10(14)8-16-17)13(18)9-4-2-3-5-11(9)15/h2-5,8,13,18H,6-7H2,1H3. The van der Waals surface area contributed by atoms with Crippen LogP contribution in [0.25, 0.3) is 0 Å². The van der Waals surface area contributed by atoms with Crippen molar-refractivity contribution in [3.8, 4) is 0 Å². The third kappa shape index (κ3) is 3.28. The number of aromatic nitrogens is 2. The molecule has 19 heavy (non-hydrogen) atoms. The molecule has 102 valence electrons. The Balaban J connectivity index is 2.35. The lowest BCUT2D eigenvalue weighted by Gasteiger charge is -2.15. The molecule has 2 aromatic rings. The second kappa shape index (κ2) is 6.69. The molecule has 0 spiro atoms. The molecule has 0 aliphatic rings. The molecule has 1 N–H and O–H groups in total. The molecule has 2 rings (SSSR count). The number of ether oxygens (including phenoxy) is 1. The Hall–Kier alpha value is -0.630. The van der Waals surface area contributed by atoms with Crippen LogP contribution in [0.5, 0.6) is 0 Å². The lowest BCUT2D eigenvalue weighted by Crippen LogP contribution is -2.14. The third-order valence-corrected chi connectivity index (χ3v) is 4.07. The Morgan fingerprint density at radius 3 is 2.89 bits per heavy atom. The lowest BCUT2D eigenvalue weighted by atomic mass is 10.1. The summed E-state index contributed by atoms with van der Waals surface area (Å²) in [6.45, 7) is 1.07. The van der Waals surface area contributed by atoms with Crippen LogP contribution < -0.4 is 0 Å². The van der Waals surface area contributed by atoms with E-state index in [1.54, 1.807) is 18.0 Å². The average molecular weight is 393 g/mol. The van der Waals surface area contributed by atoms with E-state index in [0.717, 1.165) is 9.13 Å². The Labute approximate surface area is 130 Å². The Bertz CT molecular complexity index is 559. The third-order valence-electron chi connectivity index (χ3n) is 2.80. The number of hydrogen-bond acceptors (Lipinski definition) is 3. The highest BCUT2D eigenvalue weighted by Gasteiger charge is 2.21. The lowest BCUT2D eigenvalue weighted by molar-refractivity contribution is 0.171. The molecule has 1 aromatic carbocycles. The van der Waals surface area contributed by atoms with Gasteiger partial charge < -0.3 is 9.84 Å². The molecule has 0 radical (unpaired) electrons. The average Bonchev–Trinajstić information content (AvgIpc) is 2.77. The highest BCUT2D eigenvalue weighted by molar-refractivity contribution is 14.1. The van der Waals surface area contributed by atoms with Gasteiger partial charge in [-0.15, -0.1) is 0 Å². The molecule has 0 amide bonds. The summed E-state index contributed by atoms with van der Waals surface area (Å²) in [6, 6.07) is 7.66. The minimum Gasteiger partial charge on any atom is -0.383 e. The van der Waals surface area contributed by atoms with Crippen LogP contribution in [0.15, 0.2) is 30.5 Å². The molecular weight excluding hydrogens is 379 g/mol. The summed E-state index contributed by atoms with van der Waals surface area (Å²) in [4.78, 5) is 0. The van der Waals surface area contributed by atoms with Crippen LogP contribution in [0.1, 0.15) is 17.4 Å². The maximum absolute atomic E-state index is 10.5. The van der Waals surface area contributed by atoms with Crippen molar-refractivity contribution in [2.75, 3.05) is 13.7 Å². The Morgan fingerprint density at radius 2 is 2.21 bits per heavy atom. The van der Waals surface area contributed by atoms with Crippen LogP contribution in [-0.2, 0) is 11.3 Å².